The van der Waals surface area contributed by atoms with Gasteiger partial charge in [-0.25, -0.2) is 0 Å². The molecule has 0 saturated carbocycles. The zero-order valence-electron chi connectivity index (χ0n) is 6.22. The van der Waals surface area contributed by atoms with Crippen molar-refractivity contribution in [3.8, 4) is 0 Å². The zero-order chi connectivity index (χ0) is 6.85. The summed E-state index contributed by atoms with van der Waals surface area (Å²) < 4.78 is 0. The minimum atomic E-state index is 0.630. The van der Waals surface area contributed by atoms with Gasteiger partial charge in [-0.15, -0.1) is 0 Å². The van der Waals surface area contributed by atoms with Crippen LogP contribution in [-0.2, 0) is 0 Å². The van der Waals surface area contributed by atoms with Gasteiger partial charge < -0.3 is 11.1 Å². The van der Waals surface area contributed by atoms with E-state index in [-0.39, 0.29) is 0 Å². The Morgan fingerprint density at radius 1 is 1.56 bits per heavy atom. The zero-order valence-corrected chi connectivity index (χ0v) is 6.22. The second-order valence-electron chi connectivity index (χ2n) is 3.09. The molecule has 0 aromatic heterocycles. The summed E-state index contributed by atoms with van der Waals surface area (Å²) in [6, 6.07) is 1.30. The number of nitrogens with one attached hydrogen (secondary N) is 1. The van der Waals surface area contributed by atoms with E-state index in [4.69, 9.17) is 5.73 Å². The topological polar surface area (TPSA) is 38.0 Å². The van der Waals surface area contributed by atoms with Gasteiger partial charge >= 0.3 is 0 Å². The van der Waals surface area contributed by atoms with Crippen LogP contribution >= 0.6 is 0 Å². The Labute approximate surface area is 56.8 Å². The molecule has 0 amide bonds. The first kappa shape index (κ1) is 7.03. The Hall–Kier alpha value is -0.0800. The summed E-state index contributed by atoms with van der Waals surface area (Å²) in [4.78, 5) is 0. The smallest absolute Gasteiger partial charge is 0.00820 e. The van der Waals surface area contributed by atoms with Crippen LogP contribution in [-0.4, -0.2) is 18.6 Å². The molecule has 2 heteroatoms. The molecule has 2 nitrogen and oxygen atoms in total. The fraction of sp³-hybridized carbons (Fsp3) is 1.00. The molecule has 3 unspecified atom stereocenters. The highest BCUT2D eigenvalue weighted by Crippen LogP contribution is 2.17. The van der Waals surface area contributed by atoms with Gasteiger partial charge in [-0.3, -0.25) is 0 Å². The number of hydrogen-bond acceptors (Lipinski definition) is 2. The predicted octanol–water partition coefficient (Wildman–Crippen LogP) is 0.332. The maximum absolute atomic E-state index is 5.55. The van der Waals surface area contributed by atoms with Gasteiger partial charge in [0.1, 0.15) is 0 Å². The van der Waals surface area contributed by atoms with Crippen LogP contribution in [0.5, 0.6) is 0 Å². The lowest BCUT2D eigenvalue weighted by atomic mass is 10.0. The molecule has 1 aliphatic rings. The molecule has 1 fully saturated rings. The van der Waals surface area contributed by atoms with Crippen molar-refractivity contribution in [2.24, 2.45) is 11.7 Å². The lowest BCUT2D eigenvalue weighted by molar-refractivity contribution is 0.487. The number of hydrogen-bond donors (Lipinski definition) is 2. The fourth-order valence-corrected chi connectivity index (χ4v) is 1.61. The van der Waals surface area contributed by atoms with E-state index in [9.17, 15) is 0 Å². The Morgan fingerprint density at radius 2 is 2.22 bits per heavy atom. The number of nitrogens with two attached hydrogens (primary N) is 1. The van der Waals surface area contributed by atoms with Crippen molar-refractivity contribution in [2.75, 3.05) is 6.54 Å². The predicted molar refractivity (Wildman–Crippen MR) is 39.2 cm³/mol. The van der Waals surface area contributed by atoms with Crippen LogP contribution < -0.4 is 11.1 Å². The Bertz CT molecular complexity index is 92.9. The quantitative estimate of drug-likeness (QED) is 0.534. The van der Waals surface area contributed by atoms with Gasteiger partial charge in [0.25, 0.3) is 0 Å². The molecular formula is C7H16N2. The first-order valence-electron chi connectivity index (χ1n) is 3.70. The van der Waals surface area contributed by atoms with E-state index in [0.717, 1.165) is 6.54 Å². The van der Waals surface area contributed by atoms with Crippen LogP contribution in [0, 0.1) is 5.92 Å². The van der Waals surface area contributed by atoms with E-state index in [0.29, 0.717) is 18.0 Å². The maximum Gasteiger partial charge on any atom is 0.00820 e. The van der Waals surface area contributed by atoms with Gasteiger partial charge in [0.15, 0.2) is 0 Å². The molecule has 0 spiro atoms. The lowest BCUT2D eigenvalue weighted by Gasteiger charge is -2.10. The van der Waals surface area contributed by atoms with E-state index in [1.54, 1.807) is 0 Å². The minimum absolute atomic E-state index is 0.630. The second kappa shape index (κ2) is 2.67. The van der Waals surface area contributed by atoms with Gasteiger partial charge in [-0.05, 0) is 32.7 Å². The molecule has 0 aliphatic carbocycles. The van der Waals surface area contributed by atoms with Crippen molar-refractivity contribution < 1.29 is 0 Å². The molecule has 3 atom stereocenters. The monoisotopic (exact) mass is 128 g/mol. The van der Waals surface area contributed by atoms with Crippen LogP contribution in [0.15, 0.2) is 0 Å². The van der Waals surface area contributed by atoms with Crippen LogP contribution in [0.25, 0.3) is 0 Å². The first-order chi connectivity index (χ1) is 4.24. The summed E-state index contributed by atoms with van der Waals surface area (Å²) >= 11 is 0. The summed E-state index contributed by atoms with van der Waals surface area (Å²) in [6.07, 6.45) is 1.25. The van der Waals surface area contributed by atoms with E-state index in [1.807, 2.05) is 0 Å². The third-order valence-electron chi connectivity index (χ3n) is 2.21. The molecule has 0 radical (unpaired) electrons. The largest absolute Gasteiger partial charge is 0.330 e. The lowest BCUT2D eigenvalue weighted by Crippen LogP contribution is -2.29. The highest BCUT2D eigenvalue weighted by molar-refractivity contribution is 4.85. The molecule has 9 heavy (non-hydrogen) atoms. The molecule has 1 rings (SSSR count). The molecule has 1 heterocycles. The summed E-state index contributed by atoms with van der Waals surface area (Å²) in [5.41, 5.74) is 5.55. The molecular weight excluding hydrogens is 112 g/mol. The molecule has 1 aliphatic heterocycles. The van der Waals surface area contributed by atoms with Crippen LogP contribution in [0.2, 0.25) is 0 Å². The third-order valence-corrected chi connectivity index (χ3v) is 2.21. The van der Waals surface area contributed by atoms with Gasteiger partial charge in [0.05, 0.1) is 0 Å². The Balaban J connectivity index is 2.38. The summed E-state index contributed by atoms with van der Waals surface area (Å²) in [6.45, 7) is 5.26. The molecule has 0 aromatic carbocycles. The number of rotatable bonds is 1. The third kappa shape index (κ3) is 1.43. The highest BCUT2D eigenvalue weighted by atomic mass is 15.0. The average Bonchev–Trinajstić information content (AvgIpc) is 2.10. The van der Waals surface area contributed by atoms with Crippen molar-refractivity contribution in [2.45, 2.75) is 32.4 Å². The normalized spacial score (nSPS) is 43.7. The Kier molecular flexibility index (Phi) is 2.09. The molecule has 3 N–H and O–H groups in total. The van der Waals surface area contributed by atoms with Crippen LogP contribution in [0.3, 0.4) is 0 Å². The summed E-state index contributed by atoms with van der Waals surface area (Å²) in [5.74, 6) is 0.708. The minimum Gasteiger partial charge on any atom is -0.330 e. The van der Waals surface area contributed by atoms with E-state index in [2.05, 4.69) is 19.2 Å². The molecule has 54 valence electrons. The second-order valence-corrected chi connectivity index (χ2v) is 3.09. The van der Waals surface area contributed by atoms with Crippen molar-refractivity contribution in [3.63, 3.8) is 0 Å². The summed E-state index contributed by atoms with van der Waals surface area (Å²) in [5, 5.41) is 3.44. The van der Waals surface area contributed by atoms with Crippen LogP contribution in [0.4, 0.5) is 0 Å². The van der Waals surface area contributed by atoms with Gasteiger partial charge in [0.2, 0.25) is 0 Å². The van der Waals surface area contributed by atoms with Crippen molar-refractivity contribution in [3.05, 3.63) is 0 Å². The SMILES string of the molecule is CC1CC(CN)C(C)N1. The highest BCUT2D eigenvalue weighted by Gasteiger charge is 2.25. The fourth-order valence-electron chi connectivity index (χ4n) is 1.61. The van der Waals surface area contributed by atoms with Crippen molar-refractivity contribution >= 4 is 0 Å². The summed E-state index contributed by atoms with van der Waals surface area (Å²) in [7, 11) is 0. The Morgan fingerprint density at radius 3 is 2.44 bits per heavy atom. The van der Waals surface area contributed by atoms with Gasteiger partial charge in [-0.1, -0.05) is 0 Å². The standard InChI is InChI=1S/C7H16N2/c1-5-3-7(4-8)6(2)9-5/h5-7,9H,3-4,8H2,1-2H3. The average molecular weight is 128 g/mol. The maximum atomic E-state index is 5.55. The van der Waals surface area contributed by atoms with Crippen molar-refractivity contribution in [1.82, 2.24) is 5.32 Å². The van der Waals surface area contributed by atoms with E-state index < -0.39 is 0 Å². The molecule has 0 aromatic rings. The molecule has 0 bridgehead atoms. The van der Waals surface area contributed by atoms with Gasteiger partial charge in [-0.2, -0.15) is 0 Å². The van der Waals surface area contributed by atoms with Crippen molar-refractivity contribution in [1.29, 1.82) is 0 Å². The first-order valence-corrected chi connectivity index (χ1v) is 3.70. The molecule has 1 saturated heterocycles. The van der Waals surface area contributed by atoms with E-state index in [1.165, 1.54) is 6.42 Å². The van der Waals surface area contributed by atoms with E-state index >= 15 is 0 Å². The van der Waals surface area contributed by atoms with Crippen LogP contribution in [0.1, 0.15) is 20.3 Å². The van der Waals surface area contributed by atoms with Gasteiger partial charge in [0, 0.05) is 12.1 Å².